The second-order valence-corrected chi connectivity index (χ2v) is 6.74. The van der Waals surface area contributed by atoms with E-state index in [4.69, 9.17) is 0 Å². The Hall–Kier alpha value is -3.92. The van der Waals surface area contributed by atoms with Crippen molar-refractivity contribution in [3.05, 3.63) is 119 Å². The van der Waals surface area contributed by atoms with Crippen molar-refractivity contribution in [2.24, 2.45) is 0 Å². The molecule has 0 aliphatic heterocycles. The van der Waals surface area contributed by atoms with Crippen LogP contribution in [0.2, 0.25) is 0 Å². The Morgan fingerprint density at radius 1 is 0.567 bits per heavy atom. The Balaban J connectivity index is 1.41. The molecule has 0 spiro atoms. The first kappa shape index (κ1) is 20.8. The van der Waals surface area contributed by atoms with Gasteiger partial charge in [-0.15, -0.1) is 0 Å². The van der Waals surface area contributed by atoms with Gasteiger partial charge in [-0.3, -0.25) is 9.59 Å². The van der Waals surface area contributed by atoms with E-state index in [1.54, 1.807) is 12.2 Å². The van der Waals surface area contributed by atoms with Gasteiger partial charge in [0.2, 0.25) is 11.8 Å². The van der Waals surface area contributed by atoms with Crippen molar-refractivity contribution in [2.75, 3.05) is 0 Å². The molecule has 0 fully saturated rings. The largest absolute Gasteiger partial charge is 0.348 e. The molecule has 0 heterocycles. The van der Waals surface area contributed by atoms with Gasteiger partial charge in [0.1, 0.15) is 0 Å². The van der Waals surface area contributed by atoms with E-state index in [1.807, 2.05) is 84.9 Å². The van der Waals surface area contributed by atoms with Crippen molar-refractivity contribution in [1.82, 2.24) is 10.6 Å². The fraction of sp³-hybridized carbons (Fsp3) is 0.0769. The summed E-state index contributed by atoms with van der Waals surface area (Å²) in [6.45, 7) is 0.898. The Morgan fingerprint density at radius 2 is 0.933 bits per heavy atom. The summed E-state index contributed by atoms with van der Waals surface area (Å²) >= 11 is 0. The van der Waals surface area contributed by atoms with Crippen LogP contribution in [0.15, 0.2) is 97.1 Å². The summed E-state index contributed by atoms with van der Waals surface area (Å²) in [4.78, 5) is 23.9. The van der Waals surface area contributed by atoms with Gasteiger partial charge in [0.25, 0.3) is 0 Å². The van der Waals surface area contributed by atoms with Crippen molar-refractivity contribution >= 4 is 24.0 Å². The van der Waals surface area contributed by atoms with Crippen LogP contribution in [-0.2, 0) is 22.7 Å². The Morgan fingerprint density at radius 3 is 1.30 bits per heavy atom. The first-order valence-electron chi connectivity index (χ1n) is 9.79. The molecule has 150 valence electrons. The van der Waals surface area contributed by atoms with E-state index in [0.717, 1.165) is 22.3 Å². The third-order valence-electron chi connectivity index (χ3n) is 4.41. The van der Waals surface area contributed by atoms with Gasteiger partial charge in [0, 0.05) is 25.2 Å². The molecule has 4 nitrogen and oxygen atoms in total. The summed E-state index contributed by atoms with van der Waals surface area (Å²) in [5.74, 6) is -0.277. The summed E-state index contributed by atoms with van der Waals surface area (Å²) in [7, 11) is 0. The quantitative estimate of drug-likeness (QED) is 0.556. The minimum absolute atomic E-state index is 0.139. The van der Waals surface area contributed by atoms with Gasteiger partial charge in [-0.25, -0.2) is 0 Å². The number of nitrogens with one attached hydrogen (secondary N) is 2. The number of carbonyl (C=O) groups excluding carboxylic acids is 2. The number of hydrogen-bond donors (Lipinski definition) is 2. The lowest BCUT2D eigenvalue weighted by Gasteiger charge is -2.06. The molecular formula is C26H24N2O2. The second kappa shape index (κ2) is 11.2. The molecule has 0 aliphatic rings. The highest BCUT2D eigenvalue weighted by Gasteiger charge is 2.00. The maximum Gasteiger partial charge on any atom is 0.244 e. The molecule has 0 saturated heterocycles. The fourth-order valence-electron chi connectivity index (χ4n) is 2.74. The van der Waals surface area contributed by atoms with Crippen LogP contribution in [-0.4, -0.2) is 11.8 Å². The van der Waals surface area contributed by atoms with Crippen LogP contribution in [0.5, 0.6) is 0 Å². The molecule has 3 rings (SSSR count). The smallest absolute Gasteiger partial charge is 0.244 e. The number of benzene rings is 3. The van der Waals surface area contributed by atoms with Crippen LogP contribution in [0, 0.1) is 0 Å². The van der Waals surface area contributed by atoms with Gasteiger partial charge in [-0.05, 0) is 34.4 Å². The molecule has 0 unspecified atom stereocenters. The number of amides is 2. The molecule has 0 aromatic heterocycles. The normalized spacial score (nSPS) is 10.9. The van der Waals surface area contributed by atoms with Crippen LogP contribution in [0.25, 0.3) is 12.2 Å². The van der Waals surface area contributed by atoms with Crippen molar-refractivity contribution < 1.29 is 9.59 Å². The Bertz CT molecular complexity index is 923. The second-order valence-electron chi connectivity index (χ2n) is 6.74. The first-order valence-corrected chi connectivity index (χ1v) is 9.79. The molecule has 4 heteroatoms. The molecule has 2 amide bonds. The van der Waals surface area contributed by atoms with Gasteiger partial charge in [-0.1, -0.05) is 84.9 Å². The van der Waals surface area contributed by atoms with E-state index >= 15 is 0 Å². The van der Waals surface area contributed by atoms with Gasteiger partial charge in [-0.2, -0.15) is 0 Å². The molecule has 0 atom stereocenters. The minimum atomic E-state index is -0.139. The molecule has 0 bridgehead atoms. The third kappa shape index (κ3) is 7.24. The van der Waals surface area contributed by atoms with E-state index in [-0.39, 0.29) is 11.8 Å². The maximum atomic E-state index is 11.9. The molecule has 0 saturated carbocycles. The van der Waals surface area contributed by atoms with Crippen LogP contribution < -0.4 is 10.6 Å². The van der Waals surface area contributed by atoms with E-state index in [0.29, 0.717) is 13.1 Å². The summed E-state index contributed by atoms with van der Waals surface area (Å²) < 4.78 is 0. The molecule has 3 aromatic rings. The van der Waals surface area contributed by atoms with E-state index in [9.17, 15) is 9.59 Å². The van der Waals surface area contributed by atoms with Gasteiger partial charge < -0.3 is 10.6 Å². The highest BCUT2D eigenvalue weighted by atomic mass is 16.2. The van der Waals surface area contributed by atoms with Crippen molar-refractivity contribution in [2.45, 2.75) is 13.1 Å². The number of carbonyl (C=O) groups is 2. The van der Waals surface area contributed by atoms with Gasteiger partial charge in [0.15, 0.2) is 0 Å². The molecule has 30 heavy (non-hydrogen) atoms. The molecule has 0 radical (unpaired) electrons. The minimum Gasteiger partial charge on any atom is -0.348 e. The summed E-state index contributed by atoms with van der Waals surface area (Å²) in [6, 6.07) is 27.2. The molecule has 0 aliphatic carbocycles. The van der Waals surface area contributed by atoms with E-state index in [2.05, 4.69) is 10.6 Å². The molecular weight excluding hydrogens is 372 g/mol. The van der Waals surface area contributed by atoms with Crippen LogP contribution in [0.1, 0.15) is 22.3 Å². The lowest BCUT2D eigenvalue weighted by molar-refractivity contribution is -0.117. The topological polar surface area (TPSA) is 58.2 Å². The van der Waals surface area contributed by atoms with Crippen molar-refractivity contribution in [3.8, 4) is 0 Å². The lowest BCUT2D eigenvalue weighted by atomic mass is 10.1. The highest BCUT2D eigenvalue weighted by molar-refractivity contribution is 5.92. The number of rotatable bonds is 8. The predicted octanol–water partition coefficient (Wildman–Crippen LogP) is 4.35. The van der Waals surface area contributed by atoms with Gasteiger partial charge in [0.05, 0.1) is 0 Å². The van der Waals surface area contributed by atoms with Gasteiger partial charge >= 0.3 is 0 Å². The summed E-state index contributed by atoms with van der Waals surface area (Å²) in [5.41, 5.74) is 3.96. The SMILES string of the molecule is O=C(/C=C/c1ccccc1)NCc1ccc(CNC(=O)/C=C/c2ccccc2)cc1. The van der Waals surface area contributed by atoms with Crippen molar-refractivity contribution in [1.29, 1.82) is 0 Å². The lowest BCUT2D eigenvalue weighted by Crippen LogP contribution is -2.21. The zero-order chi connectivity index (χ0) is 21.0. The average molecular weight is 396 g/mol. The Kier molecular flexibility index (Phi) is 7.75. The van der Waals surface area contributed by atoms with E-state index in [1.165, 1.54) is 12.2 Å². The van der Waals surface area contributed by atoms with Crippen LogP contribution in [0.4, 0.5) is 0 Å². The molecule has 2 N–H and O–H groups in total. The predicted molar refractivity (Wildman–Crippen MR) is 121 cm³/mol. The standard InChI is InChI=1S/C26H24N2O2/c29-25(17-15-21-7-3-1-4-8-21)27-19-23-11-13-24(14-12-23)20-28-26(30)18-16-22-9-5-2-6-10-22/h1-18H,19-20H2,(H,27,29)(H,28,30)/b17-15+,18-16+. The van der Waals surface area contributed by atoms with Crippen molar-refractivity contribution in [3.63, 3.8) is 0 Å². The molecule has 3 aromatic carbocycles. The zero-order valence-corrected chi connectivity index (χ0v) is 16.6. The maximum absolute atomic E-state index is 11.9. The highest BCUT2D eigenvalue weighted by Crippen LogP contribution is 2.05. The monoisotopic (exact) mass is 396 g/mol. The zero-order valence-electron chi connectivity index (χ0n) is 16.6. The van der Waals surface area contributed by atoms with E-state index < -0.39 is 0 Å². The number of hydrogen-bond acceptors (Lipinski definition) is 2. The average Bonchev–Trinajstić information content (AvgIpc) is 2.80. The summed E-state index contributed by atoms with van der Waals surface area (Å²) in [5, 5.41) is 5.73. The third-order valence-corrected chi connectivity index (χ3v) is 4.41. The van der Waals surface area contributed by atoms with Crippen LogP contribution >= 0.6 is 0 Å². The van der Waals surface area contributed by atoms with Crippen LogP contribution in [0.3, 0.4) is 0 Å². The fourth-order valence-corrected chi connectivity index (χ4v) is 2.74. The Labute approximate surface area is 177 Å². The first-order chi connectivity index (χ1) is 14.7. The summed E-state index contributed by atoms with van der Waals surface area (Å²) in [6.07, 6.45) is 6.63.